The van der Waals surface area contributed by atoms with Crippen molar-refractivity contribution in [2.24, 2.45) is 5.73 Å². The molecule has 7 nitrogen and oxygen atoms in total. The van der Waals surface area contributed by atoms with Gasteiger partial charge in [0, 0.05) is 17.6 Å². The van der Waals surface area contributed by atoms with E-state index in [1.165, 1.54) is 11.3 Å². The molecule has 2 aromatic heterocycles. The number of nitrogens with zero attached hydrogens (tertiary/aromatic N) is 2. The highest BCUT2D eigenvalue weighted by Crippen LogP contribution is 2.21. The predicted octanol–water partition coefficient (Wildman–Crippen LogP) is 1.93. The third-order valence-electron chi connectivity index (χ3n) is 3.80. The van der Waals surface area contributed by atoms with Gasteiger partial charge in [0.1, 0.15) is 10.7 Å². The number of carbonyl (C=O) groups excluding carboxylic acids is 1. The van der Waals surface area contributed by atoms with Crippen LogP contribution in [0.2, 0.25) is 0 Å². The molecule has 0 saturated heterocycles. The molecule has 0 aliphatic carbocycles. The van der Waals surface area contributed by atoms with E-state index in [1.807, 2.05) is 6.07 Å². The Morgan fingerprint density at radius 1 is 1.42 bits per heavy atom. The minimum Gasteiger partial charge on any atom is -0.390 e. The molecule has 3 rings (SSSR count). The molecule has 0 bridgehead atoms. The number of amides is 1. The molecule has 0 saturated carbocycles. The van der Waals surface area contributed by atoms with Crippen molar-refractivity contribution in [3.05, 3.63) is 63.7 Å². The van der Waals surface area contributed by atoms with Gasteiger partial charge in [-0.05, 0) is 29.8 Å². The van der Waals surface area contributed by atoms with E-state index in [0.717, 1.165) is 11.3 Å². The molecular weight excluding hydrogens is 350 g/mol. The summed E-state index contributed by atoms with van der Waals surface area (Å²) in [7, 11) is 0. The van der Waals surface area contributed by atoms with Gasteiger partial charge < -0.3 is 21.1 Å². The number of hydrogen-bond donors (Lipinski definition) is 4. The van der Waals surface area contributed by atoms with Gasteiger partial charge in [0.05, 0.1) is 30.0 Å². The van der Waals surface area contributed by atoms with Crippen LogP contribution in [-0.4, -0.2) is 27.5 Å². The molecule has 0 aliphatic rings. The number of hydrogen-bond acceptors (Lipinski definition) is 6. The first-order valence-electron chi connectivity index (χ1n) is 7.90. The Hall–Kier alpha value is -2.99. The highest BCUT2D eigenvalue weighted by atomic mass is 32.1. The smallest absolute Gasteiger partial charge is 0.268 e. The van der Waals surface area contributed by atoms with E-state index in [0.29, 0.717) is 22.0 Å². The summed E-state index contributed by atoms with van der Waals surface area (Å²) in [6.45, 7) is 0.0470. The van der Waals surface area contributed by atoms with Crippen molar-refractivity contribution >= 4 is 17.2 Å². The van der Waals surface area contributed by atoms with Gasteiger partial charge in [-0.2, -0.15) is 5.26 Å². The van der Waals surface area contributed by atoms with E-state index in [-0.39, 0.29) is 19.1 Å². The molecule has 0 unspecified atom stereocenters. The first-order valence-corrected chi connectivity index (χ1v) is 8.78. The fourth-order valence-electron chi connectivity index (χ4n) is 2.46. The van der Waals surface area contributed by atoms with Crippen LogP contribution in [0.4, 0.5) is 0 Å². The summed E-state index contributed by atoms with van der Waals surface area (Å²) >= 11 is 1.34. The van der Waals surface area contributed by atoms with Crippen LogP contribution in [-0.2, 0) is 6.61 Å². The van der Waals surface area contributed by atoms with Gasteiger partial charge in [0.25, 0.3) is 5.91 Å². The van der Waals surface area contributed by atoms with Crippen LogP contribution in [0.3, 0.4) is 0 Å². The monoisotopic (exact) mass is 367 g/mol. The Bertz CT molecular complexity index is 956. The van der Waals surface area contributed by atoms with Gasteiger partial charge in [-0.25, -0.2) is 4.98 Å². The van der Waals surface area contributed by atoms with E-state index >= 15 is 0 Å². The molecule has 0 spiro atoms. The van der Waals surface area contributed by atoms with Crippen molar-refractivity contribution in [1.29, 1.82) is 5.26 Å². The molecule has 2 heterocycles. The Morgan fingerprint density at radius 3 is 2.96 bits per heavy atom. The molecule has 1 atom stereocenters. The van der Waals surface area contributed by atoms with Gasteiger partial charge in [0.15, 0.2) is 0 Å². The average Bonchev–Trinajstić information content (AvgIpc) is 3.35. The maximum absolute atomic E-state index is 12.5. The molecule has 3 aromatic rings. The van der Waals surface area contributed by atoms with Gasteiger partial charge in [-0.15, -0.1) is 11.3 Å². The van der Waals surface area contributed by atoms with Gasteiger partial charge in [-0.1, -0.05) is 12.1 Å². The van der Waals surface area contributed by atoms with Crippen LogP contribution in [0.1, 0.15) is 32.8 Å². The van der Waals surface area contributed by atoms with Crippen LogP contribution in [0.15, 0.2) is 41.8 Å². The Balaban J connectivity index is 1.75. The minimum atomic E-state index is -0.429. The Labute approximate surface area is 154 Å². The molecular formula is C18H17N5O2S. The number of thiazole rings is 1. The molecule has 1 amide bonds. The lowest BCUT2D eigenvalue weighted by Gasteiger charge is -2.13. The summed E-state index contributed by atoms with van der Waals surface area (Å²) in [6.07, 6.45) is 0. The predicted molar refractivity (Wildman–Crippen MR) is 98.2 cm³/mol. The van der Waals surface area contributed by atoms with Crippen molar-refractivity contribution in [3.63, 3.8) is 0 Å². The molecule has 0 fully saturated rings. The first-order chi connectivity index (χ1) is 12.6. The van der Waals surface area contributed by atoms with Gasteiger partial charge >= 0.3 is 0 Å². The zero-order valence-corrected chi connectivity index (χ0v) is 14.6. The molecule has 26 heavy (non-hydrogen) atoms. The summed E-state index contributed by atoms with van der Waals surface area (Å²) in [6, 6.07) is 12.3. The summed E-state index contributed by atoms with van der Waals surface area (Å²) < 4.78 is 0. The Kier molecular flexibility index (Phi) is 5.43. The average molecular weight is 367 g/mol. The van der Waals surface area contributed by atoms with Crippen LogP contribution in [0.25, 0.3) is 11.3 Å². The van der Waals surface area contributed by atoms with Crippen molar-refractivity contribution in [2.45, 2.75) is 12.6 Å². The normalized spacial score (nSPS) is 11.7. The number of rotatable bonds is 6. The molecule has 1 aromatic carbocycles. The number of nitrogens with one attached hydrogen (secondary N) is 2. The second-order valence-corrected chi connectivity index (χ2v) is 6.46. The van der Waals surface area contributed by atoms with Gasteiger partial charge in [-0.3, -0.25) is 4.79 Å². The van der Waals surface area contributed by atoms with Crippen molar-refractivity contribution in [3.8, 4) is 17.3 Å². The topological polar surface area (TPSA) is 128 Å². The lowest BCUT2D eigenvalue weighted by Crippen LogP contribution is -2.33. The first kappa shape index (κ1) is 17.8. The highest BCUT2D eigenvalue weighted by Gasteiger charge is 2.18. The number of aromatic amines is 1. The number of benzene rings is 1. The maximum atomic E-state index is 12.5. The number of H-pyrrole nitrogens is 1. The van der Waals surface area contributed by atoms with Crippen LogP contribution < -0.4 is 11.1 Å². The highest BCUT2D eigenvalue weighted by molar-refractivity contribution is 7.09. The fourth-order valence-corrected chi connectivity index (χ4v) is 3.34. The van der Waals surface area contributed by atoms with Crippen molar-refractivity contribution in [2.75, 3.05) is 6.54 Å². The molecule has 132 valence electrons. The van der Waals surface area contributed by atoms with Crippen LogP contribution in [0, 0.1) is 11.3 Å². The number of nitriles is 1. The second kappa shape index (κ2) is 7.93. The maximum Gasteiger partial charge on any atom is 0.268 e. The van der Waals surface area contributed by atoms with E-state index in [9.17, 15) is 4.79 Å². The van der Waals surface area contributed by atoms with Crippen LogP contribution in [0.5, 0.6) is 0 Å². The standard InChI is InChI=1S/C18H17N5O2S/c19-7-11-2-1-3-12(6-11)14-4-5-15(22-14)17(25)23-16(8-20)18-21-13(9-24)10-26-18/h1-6,10,16,22,24H,8-9,20H2,(H,23,25)/t16-/m1/s1. The van der Waals surface area contributed by atoms with E-state index < -0.39 is 6.04 Å². The molecule has 5 N–H and O–H groups in total. The largest absolute Gasteiger partial charge is 0.390 e. The zero-order chi connectivity index (χ0) is 18.5. The van der Waals surface area contributed by atoms with Crippen molar-refractivity contribution in [1.82, 2.24) is 15.3 Å². The SMILES string of the molecule is N#Cc1cccc(-c2ccc(C(=O)N[C@H](CN)c3nc(CO)cs3)[nH]2)c1. The molecule has 0 aliphatic heterocycles. The number of nitrogens with two attached hydrogens (primary N) is 1. The Morgan fingerprint density at radius 2 is 2.27 bits per heavy atom. The van der Waals surface area contributed by atoms with Crippen molar-refractivity contribution < 1.29 is 9.90 Å². The molecule has 8 heteroatoms. The third kappa shape index (κ3) is 3.81. The van der Waals surface area contributed by atoms with E-state index in [4.69, 9.17) is 16.1 Å². The number of aromatic nitrogens is 2. The lowest BCUT2D eigenvalue weighted by atomic mass is 10.1. The summed E-state index contributed by atoms with van der Waals surface area (Å²) in [4.78, 5) is 19.8. The van der Waals surface area contributed by atoms with E-state index in [2.05, 4.69) is 21.4 Å². The minimum absolute atomic E-state index is 0.149. The summed E-state index contributed by atoms with van der Waals surface area (Å²) in [5.41, 5.74) is 8.82. The summed E-state index contributed by atoms with van der Waals surface area (Å²) in [5.74, 6) is -0.302. The second-order valence-electron chi connectivity index (χ2n) is 5.58. The third-order valence-corrected chi connectivity index (χ3v) is 4.81. The number of carbonyl (C=O) groups is 1. The van der Waals surface area contributed by atoms with Gasteiger partial charge in [0.2, 0.25) is 0 Å². The number of aliphatic hydroxyl groups is 1. The summed E-state index contributed by atoms with van der Waals surface area (Å²) in [5, 5.41) is 23.3. The fraction of sp³-hybridized carbons (Fsp3) is 0.167. The lowest BCUT2D eigenvalue weighted by molar-refractivity contribution is 0.0933. The zero-order valence-electron chi connectivity index (χ0n) is 13.8. The number of aliphatic hydroxyl groups excluding tert-OH is 1. The quantitative estimate of drug-likeness (QED) is 0.529. The van der Waals surface area contributed by atoms with Crippen LogP contribution >= 0.6 is 11.3 Å². The van der Waals surface area contributed by atoms with E-state index in [1.54, 1.807) is 35.7 Å². The molecule has 0 radical (unpaired) electrons.